The molecule has 6 nitrogen and oxygen atoms in total. The maximum Gasteiger partial charge on any atom is 0.265 e. The van der Waals surface area contributed by atoms with Gasteiger partial charge in [-0.05, 0) is 42.8 Å². The molecule has 0 amide bonds. The second kappa shape index (κ2) is 8.49. The maximum absolute atomic E-state index is 13.8. The highest BCUT2D eigenvalue weighted by Gasteiger charge is 2.28. The lowest BCUT2D eigenvalue weighted by molar-refractivity contribution is 0.0395. The second-order valence-corrected chi connectivity index (χ2v) is 8.98. The molecule has 0 saturated carbocycles. The van der Waals surface area contributed by atoms with Crippen LogP contribution in [0.3, 0.4) is 0 Å². The molecule has 0 aliphatic carbocycles. The number of para-hydroxylation sites is 1. The van der Waals surface area contributed by atoms with Crippen molar-refractivity contribution < 1.29 is 13.2 Å². The Hall–Kier alpha value is -2.48. The molecule has 1 saturated heterocycles. The van der Waals surface area contributed by atoms with Crippen molar-refractivity contribution in [2.45, 2.75) is 11.8 Å². The van der Waals surface area contributed by atoms with Crippen molar-refractivity contribution in [3.05, 3.63) is 66.4 Å². The molecule has 7 heteroatoms. The van der Waals surface area contributed by atoms with Crippen LogP contribution in [-0.2, 0) is 14.8 Å². The quantitative estimate of drug-likeness (QED) is 0.624. The predicted molar refractivity (Wildman–Crippen MR) is 115 cm³/mol. The number of hydrogen-bond donors (Lipinski definition) is 0. The van der Waals surface area contributed by atoms with Crippen LogP contribution in [0.1, 0.15) is 5.56 Å². The molecule has 2 heterocycles. The minimum absolute atomic E-state index is 0.289. The Morgan fingerprint density at radius 3 is 2.55 bits per heavy atom. The number of morpholine rings is 1. The minimum atomic E-state index is -3.76. The van der Waals surface area contributed by atoms with Gasteiger partial charge in [0.1, 0.15) is 0 Å². The number of anilines is 1. The highest BCUT2D eigenvalue weighted by Crippen LogP contribution is 2.29. The molecule has 1 fully saturated rings. The fourth-order valence-electron chi connectivity index (χ4n) is 3.67. The van der Waals surface area contributed by atoms with Crippen LogP contribution < -0.4 is 4.31 Å². The Morgan fingerprint density at radius 1 is 1.03 bits per heavy atom. The van der Waals surface area contributed by atoms with Crippen LogP contribution in [0.2, 0.25) is 0 Å². The first-order valence-corrected chi connectivity index (χ1v) is 11.2. The lowest BCUT2D eigenvalue weighted by Crippen LogP contribution is -2.43. The normalized spacial score (nSPS) is 15.5. The number of hydrogen-bond acceptors (Lipinski definition) is 5. The monoisotopic (exact) mass is 411 g/mol. The molecule has 152 valence electrons. The van der Waals surface area contributed by atoms with E-state index in [-0.39, 0.29) is 4.90 Å². The number of fused-ring (bicyclic) bond motifs is 1. The van der Waals surface area contributed by atoms with E-state index in [1.165, 1.54) is 4.31 Å². The number of nitrogens with zero attached hydrogens (tertiary/aromatic N) is 3. The third-order valence-corrected chi connectivity index (χ3v) is 7.15. The van der Waals surface area contributed by atoms with E-state index in [1.54, 1.807) is 18.3 Å². The van der Waals surface area contributed by atoms with E-state index in [9.17, 15) is 8.42 Å². The van der Waals surface area contributed by atoms with Gasteiger partial charge in [0.25, 0.3) is 10.0 Å². The molecular weight excluding hydrogens is 386 g/mol. The summed E-state index contributed by atoms with van der Waals surface area (Å²) in [5.74, 6) is 0. The zero-order chi connectivity index (χ0) is 20.3. The summed E-state index contributed by atoms with van der Waals surface area (Å²) in [6, 6.07) is 16.4. The van der Waals surface area contributed by atoms with Crippen molar-refractivity contribution in [2.75, 3.05) is 43.7 Å². The second-order valence-electron chi connectivity index (χ2n) is 7.15. The Labute approximate surface area is 171 Å². The molecule has 1 aliphatic heterocycles. The summed E-state index contributed by atoms with van der Waals surface area (Å²) in [6.07, 6.45) is 1.69. The third-order valence-electron chi connectivity index (χ3n) is 5.27. The smallest absolute Gasteiger partial charge is 0.265 e. The van der Waals surface area contributed by atoms with Crippen LogP contribution >= 0.6 is 0 Å². The number of ether oxygens (including phenoxy) is 1. The third kappa shape index (κ3) is 4.12. The van der Waals surface area contributed by atoms with Gasteiger partial charge in [-0.25, -0.2) is 8.42 Å². The van der Waals surface area contributed by atoms with Crippen molar-refractivity contribution in [3.8, 4) is 0 Å². The average molecular weight is 412 g/mol. The van der Waals surface area contributed by atoms with Crippen molar-refractivity contribution in [1.29, 1.82) is 0 Å². The molecule has 0 bridgehead atoms. The SMILES string of the molecule is Cc1ccc(S(=O)(=O)N(CCN2CCOCC2)c2ccccc2)c2cccnc12. The Balaban J connectivity index is 1.74. The number of aryl methyl sites for hydroxylation is 1. The van der Waals surface area contributed by atoms with Crippen LogP contribution in [0.4, 0.5) is 5.69 Å². The molecule has 0 spiro atoms. The molecule has 1 aromatic heterocycles. The first kappa shape index (κ1) is 19.8. The largest absolute Gasteiger partial charge is 0.379 e. The Morgan fingerprint density at radius 2 is 1.79 bits per heavy atom. The first-order chi connectivity index (χ1) is 14.1. The number of rotatable bonds is 6. The van der Waals surface area contributed by atoms with Crippen LogP contribution in [0.5, 0.6) is 0 Å². The maximum atomic E-state index is 13.8. The highest BCUT2D eigenvalue weighted by atomic mass is 32.2. The van der Waals surface area contributed by atoms with E-state index >= 15 is 0 Å². The highest BCUT2D eigenvalue weighted by molar-refractivity contribution is 7.93. The van der Waals surface area contributed by atoms with E-state index in [2.05, 4.69) is 9.88 Å². The van der Waals surface area contributed by atoms with E-state index in [0.717, 1.165) is 24.2 Å². The summed E-state index contributed by atoms with van der Waals surface area (Å²) in [5.41, 5.74) is 2.34. The molecule has 1 aliphatic rings. The fraction of sp³-hybridized carbons (Fsp3) is 0.318. The van der Waals surface area contributed by atoms with Gasteiger partial charge >= 0.3 is 0 Å². The molecule has 29 heavy (non-hydrogen) atoms. The van der Waals surface area contributed by atoms with E-state index in [1.807, 2.05) is 49.4 Å². The number of sulfonamides is 1. The van der Waals surface area contributed by atoms with Gasteiger partial charge in [0.05, 0.1) is 29.3 Å². The van der Waals surface area contributed by atoms with Crippen LogP contribution in [0.25, 0.3) is 10.9 Å². The lowest BCUT2D eigenvalue weighted by atomic mass is 10.1. The topological polar surface area (TPSA) is 62.7 Å². The standard InChI is InChI=1S/C22H25N3O3S/c1-18-9-10-21(20-8-5-11-23-22(18)20)29(26,27)25(19-6-3-2-4-7-19)13-12-24-14-16-28-17-15-24/h2-11H,12-17H2,1H3. The van der Waals surface area contributed by atoms with E-state index in [0.29, 0.717) is 37.4 Å². The fourth-order valence-corrected chi connectivity index (χ4v) is 5.31. The van der Waals surface area contributed by atoms with Crippen molar-refractivity contribution in [3.63, 3.8) is 0 Å². The van der Waals surface area contributed by atoms with Crippen LogP contribution in [0.15, 0.2) is 65.7 Å². The lowest BCUT2D eigenvalue weighted by Gasteiger charge is -2.31. The Kier molecular flexibility index (Phi) is 5.80. The van der Waals surface area contributed by atoms with E-state index in [4.69, 9.17) is 4.74 Å². The Bertz CT molecular complexity index is 1080. The van der Waals surface area contributed by atoms with Crippen molar-refractivity contribution in [1.82, 2.24) is 9.88 Å². The molecular formula is C22H25N3O3S. The van der Waals surface area contributed by atoms with Crippen molar-refractivity contribution >= 4 is 26.6 Å². The molecule has 4 rings (SSSR count). The summed E-state index contributed by atoms with van der Waals surface area (Å²) in [7, 11) is -3.76. The summed E-state index contributed by atoms with van der Waals surface area (Å²) in [4.78, 5) is 6.93. The molecule has 3 aromatic rings. The van der Waals surface area contributed by atoms with Crippen LogP contribution in [0, 0.1) is 6.92 Å². The molecule has 0 N–H and O–H groups in total. The van der Waals surface area contributed by atoms with Gasteiger partial charge in [-0.1, -0.05) is 24.3 Å². The van der Waals surface area contributed by atoms with Crippen molar-refractivity contribution in [2.24, 2.45) is 0 Å². The molecule has 2 aromatic carbocycles. The van der Waals surface area contributed by atoms with E-state index < -0.39 is 10.0 Å². The van der Waals surface area contributed by atoms with Gasteiger partial charge in [0.15, 0.2) is 0 Å². The van der Waals surface area contributed by atoms with Gasteiger partial charge in [-0.15, -0.1) is 0 Å². The summed E-state index contributed by atoms with van der Waals surface area (Å²) in [6.45, 7) is 5.99. The summed E-state index contributed by atoms with van der Waals surface area (Å²) >= 11 is 0. The van der Waals surface area contributed by atoms with Gasteiger partial charge in [0.2, 0.25) is 0 Å². The molecule has 0 atom stereocenters. The zero-order valence-electron chi connectivity index (χ0n) is 16.5. The number of aromatic nitrogens is 1. The predicted octanol–water partition coefficient (Wildman–Crippen LogP) is 3.07. The van der Waals surface area contributed by atoms with Crippen LogP contribution in [-0.4, -0.2) is 57.7 Å². The van der Waals surface area contributed by atoms with Gasteiger partial charge in [-0.2, -0.15) is 0 Å². The van der Waals surface area contributed by atoms with Gasteiger partial charge in [-0.3, -0.25) is 14.2 Å². The zero-order valence-corrected chi connectivity index (χ0v) is 17.3. The average Bonchev–Trinajstić information content (AvgIpc) is 2.75. The van der Waals surface area contributed by atoms with Gasteiger partial charge < -0.3 is 4.74 Å². The molecule has 0 unspecified atom stereocenters. The number of benzene rings is 2. The minimum Gasteiger partial charge on any atom is -0.379 e. The summed E-state index contributed by atoms with van der Waals surface area (Å²) in [5, 5.41) is 0.653. The molecule has 0 radical (unpaired) electrons. The van der Waals surface area contributed by atoms with Gasteiger partial charge in [0, 0.05) is 37.8 Å². The number of pyridine rings is 1. The first-order valence-electron chi connectivity index (χ1n) is 9.79. The summed E-state index contributed by atoms with van der Waals surface area (Å²) < 4.78 is 34.5.